The third-order valence-corrected chi connectivity index (χ3v) is 4.02. The minimum absolute atomic E-state index is 0.320. The van der Waals surface area contributed by atoms with Crippen molar-refractivity contribution in [2.45, 2.75) is 37.9 Å². The number of primary amides is 1. The van der Waals surface area contributed by atoms with Gasteiger partial charge >= 0.3 is 0 Å². The summed E-state index contributed by atoms with van der Waals surface area (Å²) in [6.07, 6.45) is 0.659. The Kier molecular flexibility index (Phi) is 5.15. The number of hydrogen-bond acceptors (Lipinski definition) is 5. The molecule has 0 aliphatic carbocycles. The van der Waals surface area contributed by atoms with Crippen molar-refractivity contribution in [2.24, 2.45) is 12.8 Å². The fourth-order valence-electron chi connectivity index (χ4n) is 1.55. The molecular formula is C11H21N5OS. The van der Waals surface area contributed by atoms with Crippen molar-refractivity contribution in [1.82, 2.24) is 20.1 Å². The number of thioether (sulfide) groups is 1. The van der Waals surface area contributed by atoms with E-state index in [0.717, 1.165) is 16.7 Å². The van der Waals surface area contributed by atoms with Crippen LogP contribution in [0.5, 0.6) is 0 Å². The van der Waals surface area contributed by atoms with E-state index < -0.39 is 5.54 Å². The van der Waals surface area contributed by atoms with Crippen molar-refractivity contribution in [3.8, 4) is 0 Å². The van der Waals surface area contributed by atoms with Gasteiger partial charge in [0.05, 0.1) is 5.54 Å². The van der Waals surface area contributed by atoms with E-state index in [-0.39, 0.29) is 5.91 Å². The first-order valence-corrected chi connectivity index (χ1v) is 6.93. The molecule has 0 aromatic carbocycles. The van der Waals surface area contributed by atoms with Crippen LogP contribution in [0.15, 0.2) is 5.16 Å². The lowest BCUT2D eigenvalue weighted by Crippen LogP contribution is -2.53. The lowest BCUT2D eigenvalue weighted by Gasteiger charge is -2.26. The highest BCUT2D eigenvalue weighted by Gasteiger charge is 2.29. The Labute approximate surface area is 112 Å². The summed E-state index contributed by atoms with van der Waals surface area (Å²) in [6, 6.07) is 0. The molecule has 0 bridgehead atoms. The Morgan fingerprint density at radius 3 is 2.67 bits per heavy atom. The van der Waals surface area contributed by atoms with Gasteiger partial charge in [-0.05, 0) is 26.8 Å². The monoisotopic (exact) mass is 271 g/mol. The van der Waals surface area contributed by atoms with Crippen LogP contribution in [0.4, 0.5) is 0 Å². The molecule has 1 atom stereocenters. The van der Waals surface area contributed by atoms with Crippen molar-refractivity contribution in [3.63, 3.8) is 0 Å². The normalized spacial score (nSPS) is 14.4. The molecule has 1 unspecified atom stereocenters. The van der Waals surface area contributed by atoms with Crippen LogP contribution in [0.1, 0.15) is 26.1 Å². The summed E-state index contributed by atoms with van der Waals surface area (Å²) >= 11 is 1.58. The molecular weight excluding hydrogens is 250 g/mol. The molecule has 1 aromatic rings. The van der Waals surface area contributed by atoms with Gasteiger partial charge in [-0.1, -0.05) is 18.7 Å². The van der Waals surface area contributed by atoms with E-state index in [1.54, 1.807) is 11.8 Å². The van der Waals surface area contributed by atoms with Gasteiger partial charge in [0.2, 0.25) is 5.91 Å². The number of aryl methyl sites for hydroxylation is 1. The summed E-state index contributed by atoms with van der Waals surface area (Å²) in [4.78, 5) is 11.4. The van der Waals surface area contributed by atoms with Crippen LogP contribution in [0.25, 0.3) is 0 Å². The number of nitrogens with two attached hydrogens (primary N) is 1. The number of carbonyl (C=O) groups is 1. The maximum atomic E-state index is 11.4. The highest BCUT2D eigenvalue weighted by atomic mass is 32.2. The first-order valence-electron chi connectivity index (χ1n) is 5.94. The second-order valence-corrected chi connectivity index (χ2v) is 5.48. The molecule has 1 heterocycles. The Hall–Kier alpha value is -1.08. The van der Waals surface area contributed by atoms with Gasteiger partial charge in [-0.2, -0.15) is 0 Å². The van der Waals surface area contributed by atoms with Gasteiger partial charge in [0.25, 0.3) is 0 Å². The van der Waals surface area contributed by atoms with Gasteiger partial charge in [-0.3, -0.25) is 4.79 Å². The molecule has 3 N–H and O–H groups in total. The van der Waals surface area contributed by atoms with Crippen molar-refractivity contribution < 1.29 is 4.79 Å². The van der Waals surface area contributed by atoms with E-state index in [0.29, 0.717) is 13.0 Å². The zero-order valence-electron chi connectivity index (χ0n) is 11.4. The maximum Gasteiger partial charge on any atom is 0.237 e. The average Bonchev–Trinajstić information content (AvgIpc) is 2.61. The smallest absolute Gasteiger partial charge is 0.237 e. The molecule has 18 heavy (non-hydrogen) atoms. The van der Waals surface area contributed by atoms with Crippen LogP contribution in [-0.2, 0) is 11.8 Å². The molecule has 1 rings (SSSR count). The zero-order chi connectivity index (χ0) is 13.8. The fraction of sp³-hybridized carbons (Fsp3) is 0.727. The Morgan fingerprint density at radius 1 is 1.56 bits per heavy atom. The standard InChI is InChI=1S/C11H21N5OS/c1-5-13-11(3,9(12)17)6-7-18-10-15-14-8(2)16(10)4/h13H,5-7H2,1-4H3,(H2,12,17). The van der Waals surface area contributed by atoms with Crippen molar-refractivity contribution in [1.29, 1.82) is 0 Å². The number of nitrogens with zero attached hydrogens (tertiary/aromatic N) is 3. The lowest BCUT2D eigenvalue weighted by molar-refractivity contribution is -0.123. The minimum atomic E-state index is -0.657. The van der Waals surface area contributed by atoms with E-state index in [2.05, 4.69) is 15.5 Å². The van der Waals surface area contributed by atoms with Crippen LogP contribution in [0.2, 0.25) is 0 Å². The van der Waals surface area contributed by atoms with Crippen LogP contribution in [0.3, 0.4) is 0 Å². The van der Waals surface area contributed by atoms with Crippen molar-refractivity contribution in [2.75, 3.05) is 12.3 Å². The quantitative estimate of drug-likeness (QED) is 0.704. The molecule has 0 aliphatic heterocycles. The molecule has 0 aliphatic rings. The molecule has 7 heteroatoms. The third kappa shape index (κ3) is 3.46. The summed E-state index contributed by atoms with van der Waals surface area (Å²) in [5, 5.41) is 12.0. The number of amides is 1. The first kappa shape index (κ1) is 15.0. The third-order valence-electron chi connectivity index (χ3n) is 3.00. The highest BCUT2D eigenvalue weighted by Crippen LogP contribution is 2.20. The first-order chi connectivity index (χ1) is 8.40. The highest BCUT2D eigenvalue weighted by molar-refractivity contribution is 7.99. The van der Waals surface area contributed by atoms with Crippen LogP contribution < -0.4 is 11.1 Å². The van der Waals surface area contributed by atoms with Crippen molar-refractivity contribution in [3.05, 3.63) is 5.82 Å². The number of carbonyl (C=O) groups excluding carboxylic acids is 1. The molecule has 1 aromatic heterocycles. The van der Waals surface area contributed by atoms with E-state index in [4.69, 9.17) is 5.73 Å². The van der Waals surface area contributed by atoms with E-state index in [9.17, 15) is 4.79 Å². The fourth-order valence-corrected chi connectivity index (χ4v) is 2.67. The van der Waals surface area contributed by atoms with E-state index >= 15 is 0 Å². The topological polar surface area (TPSA) is 85.8 Å². The summed E-state index contributed by atoms with van der Waals surface area (Å²) < 4.78 is 1.93. The Morgan fingerprint density at radius 2 is 2.22 bits per heavy atom. The van der Waals surface area contributed by atoms with Gasteiger partial charge in [0.1, 0.15) is 5.82 Å². The number of hydrogen-bond donors (Lipinski definition) is 2. The molecule has 6 nitrogen and oxygen atoms in total. The van der Waals surface area contributed by atoms with E-state index in [1.807, 2.05) is 32.4 Å². The average molecular weight is 271 g/mol. The van der Waals surface area contributed by atoms with Crippen LogP contribution in [-0.4, -0.2) is 38.5 Å². The molecule has 0 saturated carbocycles. The summed E-state index contributed by atoms with van der Waals surface area (Å²) in [7, 11) is 1.93. The summed E-state index contributed by atoms with van der Waals surface area (Å²) in [5.41, 5.74) is 4.77. The van der Waals surface area contributed by atoms with Crippen LogP contribution >= 0.6 is 11.8 Å². The number of rotatable bonds is 7. The van der Waals surface area contributed by atoms with Gasteiger partial charge in [0, 0.05) is 12.8 Å². The molecule has 102 valence electrons. The zero-order valence-corrected chi connectivity index (χ0v) is 12.2. The summed E-state index contributed by atoms with van der Waals surface area (Å²) in [5.74, 6) is 1.32. The van der Waals surface area contributed by atoms with Gasteiger partial charge in [-0.15, -0.1) is 10.2 Å². The Bertz CT molecular complexity index is 420. The Balaban J connectivity index is 2.54. The molecule has 1 amide bonds. The molecule has 0 radical (unpaired) electrons. The van der Waals surface area contributed by atoms with Crippen molar-refractivity contribution >= 4 is 17.7 Å². The summed E-state index contributed by atoms with van der Waals surface area (Å²) in [6.45, 7) is 6.41. The second-order valence-electron chi connectivity index (χ2n) is 4.41. The molecule has 0 fully saturated rings. The predicted octanol–water partition coefficient (Wildman–Crippen LogP) is 0.459. The number of aromatic nitrogens is 3. The van der Waals surface area contributed by atoms with Gasteiger partial charge in [-0.25, -0.2) is 0 Å². The van der Waals surface area contributed by atoms with E-state index in [1.165, 1.54) is 0 Å². The molecule has 0 saturated heterocycles. The number of likely N-dealkylation sites (N-methyl/N-ethyl adjacent to an activating group) is 1. The minimum Gasteiger partial charge on any atom is -0.368 e. The lowest BCUT2D eigenvalue weighted by atomic mass is 9.98. The predicted molar refractivity (Wildman–Crippen MR) is 72.4 cm³/mol. The molecule has 0 spiro atoms. The SMILES string of the molecule is CCNC(C)(CCSc1nnc(C)n1C)C(N)=O. The van der Waals surface area contributed by atoms with Crippen LogP contribution in [0, 0.1) is 6.92 Å². The van der Waals surface area contributed by atoms with Gasteiger partial charge < -0.3 is 15.6 Å². The van der Waals surface area contributed by atoms with Gasteiger partial charge in [0.15, 0.2) is 5.16 Å². The maximum absolute atomic E-state index is 11.4. The largest absolute Gasteiger partial charge is 0.368 e. The second kappa shape index (κ2) is 6.19. The number of nitrogens with one attached hydrogen (secondary N) is 1.